The molecular formula is C26H26Cl2N4O8. The fourth-order valence-corrected chi connectivity index (χ4v) is 4.15. The van der Waals surface area contributed by atoms with Crippen molar-refractivity contribution in [2.24, 2.45) is 5.92 Å². The van der Waals surface area contributed by atoms with E-state index in [1.807, 2.05) is 18.2 Å². The summed E-state index contributed by atoms with van der Waals surface area (Å²) < 4.78 is 10.6. The minimum atomic E-state index is -1.26. The first-order chi connectivity index (χ1) is 19.1. The number of amides is 1. The maximum atomic E-state index is 12.6. The van der Waals surface area contributed by atoms with E-state index in [4.69, 9.17) is 38.2 Å². The Morgan fingerprint density at radius 1 is 1.07 bits per heavy atom. The van der Waals surface area contributed by atoms with Gasteiger partial charge in [0, 0.05) is 43.3 Å². The molecule has 12 nitrogen and oxygen atoms in total. The number of rotatable bonds is 8. The van der Waals surface area contributed by atoms with Crippen LogP contribution in [0.25, 0.3) is 11.4 Å². The highest BCUT2D eigenvalue weighted by Gasteiger charge is 2.27. The van der Waals surface area contributed by atoms with Crippen molar-refractivity contribution in [1.82, 2.24) is 20.8 Å². The quantitative estimate of drug-likeness (QED) is 0.243. The maximum absolute atomic E-state index is 12.6. The lowest BCUT2D eigenvalue weighted by molar-refractivity contribution is -0.134. The second-order valence-electron chi connectivity index (χ2n) is 8.56. The lowest BCUT2D eigenvalue weighted by atomic mass is 9.95. The zero-order valence-electron chi connectivity index (χ0n) is 20.9. The van der Waals surface area contributed by atoms with Crippen LogP contribution in [0.3, 0.4) is 0 Å². The number of carbonyl (C=O) groups is 3. The number of hydrogen-bond acceptors (Lipinski definition) is 8. The highest BCUT2D eigenvalue weighted by Crippen LogP contribution is 2.32. The molecule has 1 fully saturated rings. The predicted octanol–water partition coefficient (Wildman–Crippen LogP) is 2.68. The average Bonchev–Trinajstić information content (AvgIpc) is 3.21. The van der Waals surface area contributed by atoms with Crippen molar-refractivity contribution < 1.29 is 33.9 Å². The highest BCUT2D eigenvalue weighted by molar-refractivity contribution is 6.42. The van der Waals surface area contributed by atoms with Gasteiger partial charge in [0.1, 0.15) is 0 Å². The number of nitrogens with one attached hydrogen (secondary N) is 3. The van der Waals surface area contributed by atoms with Gasteiger partial charge in [-0.2, -0.15) is 0 Å². The van der Waals surface area contributed by atoms with Crippen LogP contribution in [-0.2, 0) is 25.5 Å². The molecule has 2 atom stereocenters. The summed E-state index contributed by atoms with van der Waals surface area (Å²) in [5.74, 6) is -2.92. The minimum Gasteiger partial charge on any atom is -0.478 e. The average molecular weight is 593 g/mol. The number of carboxylic acid groups (broad SMARTS) is 2. The molecule has 0 bridgehead atoms. The zero-order chi connectivity index (χ0) is 29.1. The lowest BCUT2D eigenvalue weighted by Gasteiger charge is -2.25. The van der Waals surface area contributed by atoms with Crippen molar-refractivity contribution in [3.63, 3.8) is 0 Å². The molecule has 2 heterocycles. The monoisotopic (exact) mass is 592 g/mol. The smallest absolute Gasteiger partial charge is 0.439 e. The van der Waals surface area contributed by atoms with Crippen LogP contribution in [0.2, 0.25) is 10.0 Å². The van der Waals surface area contributed by atoms with E-state index in [0.717, 1.165) is 17.7 Å². The number of aromatic amines is 1. The van der Waals surface area contributed by atoms with Crippen LogP contribution in [-0.4, -0.2) is 64.4 Å². The molecule has 0 radical (unpaired) electrons. The molecule has 4 rings (SSSR count). The summed E-state index contributed by atoms with van der Waals surface area (Å²) in [6.45, 7) is 2.43. The summed E-state index contributed by atoms with van der Waals surface area (Å²) in [5, 5.41) is 26.6. The van der Waals surface area contributed by atoms with E-state index in [0.29, 0.717) is 53.3 Å². The van der Waals surface area contributed by atoms with Gasteiger partial charge in [0.15, 0.2) is 5.82 Å². The number of benzene rings is 2. The summed E-state index contributed by atoms with van der Waals surface area (Å²) in [6, 6.07) is 12.7. The van der Waals surface area contributed by atoms with E-state index >= 15 is 0 Å². The Kier molecular flexibility index (Phi) is 11.5. The Labute approximate surface area is 237 Å². The largest absolute Gasteiger partial charge is 0.478 e. The molecule has 5 N–H and O–H groups in total. The van der Waals surface area contributed by atoms with Crippen LogP contribution in [0.4, 0.5) is 0 Å². The third-order valence-corrected chi connectivity index (χ3v) is 6.36. The first kappa shape index (κ1) is 30.6. The molecule has 0 unspecified atom stereocenters. The standard InChI is InChI=1S/C22H22Cl2N4O4.C4H4O4/c23-17-5-4-14(10-18(17)24)20-16(11-25-6-7-31-20)12-26-19(29)9-13-2-1-3-15(8-13)21-27-22(30)32-28-21;5-3(6)1-2-4(7)8/h1-5,8,10,16,20,25H,6-7,9,11-12H2,(H,26,29)(H,27,28,30);1-2H,(H,5,6)(H,7,8)/b;2-1+/t16-,20-;/m0./s1. The summed E-state index contributed by atoms with van der Waals surface area (Å²) in [7, 11) is 0. The van der Waals surface area contributed by atoms with Crippen LogP contribution in [0, 0.1) is 5.92 Å². The van der Waals surface area contributed by atoms with Crippen molar-refractivity contribution in [3.8, 4) is 11.4 Å². The number of H-pyrrole nitrogens is 1. The fourth-order valence-electron chi connectivity index (χ4n) is 3.84. The maximum Gasteiger partial charge on any atom is 0.439 e. The Hall–Kier alpha value is -3.97. The summed E-state index contributed by atoms with van der Waals surface area (Å²) >= 11 is 12.2. The van der Waals surface area contributed by atoms with Crippen molar-refractivity contribution in [2.75, 3.05) is 26.2 Å². The van der Waals surface area contributed by atoms with Gasteiger partial charge in [0.05, 0.1) is 29.2 Å². The normalized spacial score (nSPS) is 16.9. The van der Waals surface area contributed by atoms with E-state index in [-0.39, 0.29) is 24.3 Å². The molecule has 1 saturated heterocycles. The van der Waals surface area contributed by atoms with Crippen LogP contribution in [0.5, 0.6) is 0 Å². The van der Waals surface area contributed by atoms with E-state index in [1.54, 1.807) is 24.3 Å². The van der Waals surface area contributed by atoms with Gasteiger partial charge < -0.3 is 25.6 Å². The summed E-state index contributed by atoms with van der Waals surface area (Å²) in [4.78, 5) is 45.4. The van der Waals surface area contributed by atoms with Gasteiger partial charge in [-0.1, -0.05) is 52.6 Å². The molecular weight excluding hydrogens is 567 g/mol. The number of ether oxygens (including phenoxy) is 1. The fraction of sp³-hybridized carbons (Fsp3) is 0.269. The number of aliphatic carboxylic acids is 2. The Morgan fingerprint density at radius 3 is 2.48 bits per heavy atom. The molecule has 1 aliphatic heterocycles. The van der Waals surface area contributed by atoms with Gasteiger partial charge in [0.2, 0.25) is 5.91 Å². The lowest BCUT2D eigenvalue weighted by Crippen LogP contribution is -2.37. The van der Waals surface area contributed by atoms with Crippen molar-refractivity contribution in [2.45, 2.75) is 12.5 Å². The van der Waals surface area contributed by atoms with Gasteiger partial charge in [-0.05, 0) is 29.3 Å². The van der Waals surface area contributed by atoms with Crippen molar-refractivity contribution in [1.29, 1.82) is 0 Å². The highest BCUT2D eigenvalue weighted by atomic mass is 35.5. The number of hydrogen-bond donors (Lipinski definition) is 5. The number of carboxylic acids is 2. The van der Waals surface area contributed by atoms with Crippen LogP contribution < -0.4 is 16.4 Å². The molecule has 40 heavy (non-hydrogen) atoms. The topological polar surface area (TPSA) is 184 Å². The van der Waals surface area contributed by atoms with E-state index in [2.05, 4.69) is 25.3 Å². The number of aromatic nitrogens is 2. The third-order valence-electron chi connectivity index (χ3n) is 5.62. The number of halogens is 2. The molecule has 0 saturated carbocycles. The Morgan fingerprint density at radius 2 is 1.82 bits per heavy atom. The molecule has 14 heteroatoms. The van der Waals surface area contributed by atoms with Crippen LogP contribution >= 0.6 is 23.2 Å². The second-order valence-corrected chi connectivity index (χ2v) is 9.38. The molecule has 0 spiro atoms. The van der Waals surface area contributed by atoms with Crippen LogP contribution in [0.15, 0.2) is 63.9 Å². The number of nitrogens with zero attached hydrogens (tertiary/aromatic N) is 1. The van der Waals surface area contributed by atoms with Gasteiger partial charge in [-0.3, -0.25) is 14.3 Å². The zero-order valence-corrected chi connectivity index (χ0v) is 22.4. The number of carbonyl (C=O) groups excluding carboxylic acids is 1. The van der Waals surface area contributed by atoms with E-state index < -0.39 is 17.7 Å². The van der Waals surface area contributed by atoms with Crippen LogP contribution in [0.1, 0.15) is 17.2 Å². The minimum absolute atomic E-state index is 0.0187. The van der Waals surface area contributed by atoms with Gasteiger partial charge in [-0.15, -0.1) is 0 Å². The summed E-state index contributed by atoms with van der Waals surface area (Å²) in [6.07, 6.45) is 1.09. The third kappa shape index (κ3) is 9.65. The first-order valence-electron chi connectivity index (χ1n) is 12.0. The molecule has 3 aromatic rings. The van der Waals surface area contributed by atoms with E-state index in [9.17, 15) is 19.2 Å². The van der Waals surface area contributed by atoms with Gasteiger partial charge in [0.25, 0.3) is 0 Å². The predicted molar refractivity (Wildman–Crippen MR) is 145 cm³/mol. The molecule has 1 aromatic heterocycles. The molecule has 1 amide bonds. The SMILES string of the molecule is O=C(Cc1cccc(-c2noc(=O)[nH]2)c1)NC[C@@H]1CNCCO[C@H]1c1ccc(Cl)c(Cl)c1.O=C(O)/C=C/C(=O)O. The van der Waals surface area contributed by atoms with Crippen molar-refractivity contribution >= 4 is 41.0 Å². The Bertz CT molecular complexity index is 1410. The molecule has 1 aliphatic rings. The molecule has 212 valence electrons. The van der Waals surface area contributed by atoms with Gasteiger partial charge >= 0.3 is 17.7 Å². The molecule has 0 aliphatic carbocycles. The first-order valence-corrected chi connectivity index (χ1v) is 12.7. The van der Waals surface area contributed by atoms with E-state index in [1.165, 1.54) is 0 Å². The van der Waals surface area contributed by atoms with Gasteiger partial charge in [-0.25, -0.2) is 14.4 Å². The van der Waals surface area contributed by atoms with Crippen molar-refractivity contribution in [3.05, 3.63) is 86.3 Å². The molecule has 2 aromatic carbocycles. The second kappa shape index (κ2) is 15.0. The summed E-state index contributed by atoms with van der Waals surface area (Å²) in [5.41, 5.74) is 2.39. The Balaban J connectivity index is 0.000000482.